The molecule has 0 unspecified atom stereocenters. The fourth-order valence-electron chi connectivity index (χ4n) is 1.89. The standard InChI is InChI=1S/C13H20BFO2/c1-4-12(17-9-16-5-2)10-7-6-8-11(15)13(10)14-3/h6-8,12,14H,4-5,9H2,1-3H3/t12-/m1/s1. The zero-order chi connectivity index (χ0) is 12.7. The maximum Gasteiger partial charge on any atom is 0.158 e. The molecule has 0 aromatic heterocycles. The highest BCUT2D eigenvalue weighted by Gasteiger charge is 2.16. The van der Waals surface area contributed by atoms with Crippen molar-refractivity contribution in [3.63, 3.8) is 0 Å². The summed E-state index contributed by atoms with van der Waals surface area (Å²) in [5.74, 6) is -0.150. The molecule has 0 spiro atoms. The van der Waals surface area contributed by atoms with Crippen LogP contribution >= 0.6 is 0 Å². The average Bonchev–Trinajstić information content (AvgIpc) is 2.34. The second-order valence-corrected chi connectivity index (χ2v) is 3.84. The van der Waals surface area contributed by atoms with Crippen LogP contribution in [0.5, 0.6) is 0 Å². The minimum absolute atomic E-state index is 0.0906. The third kappa shape index (κ3) is 3.82. The lowest BCUT2D eigenvalue weighted by Gasteiger charge is -2.19. The van der Waals surface area contributed by atoms with E-state index < -0.39 is 0 Å². The third-order valence-electron chi connectivity index (χ3n) is 2.78. The Balaban J connectivity index is 2.83. The van der Waals surface area contributed by atoms with Gasteiger partial charge < -0.3 is 9.47 Å². The summed E-state index contributed by atoms with van der Waals surface area (Å²) in [5, 5.41) is 0. The summed E-state index contributed by atoms with van der Waals surface area (Å²) in [4.78, 5) is 0. The van der Waals surface area contributed by atoms with E-state index >= 15 is 0 Å². The van der Waals surface area contributed by atoms with Gasteiger partial charge in [-0.3, -0.25) is 0 Å². The summed E-state index contributed by atoms with van der Waals surface area (Å²) in [6.07, 6.45) is 0.718. The van der Waals surface area contributed by atoms with Crippen molar-refractivity contribution < 1.29 is 13.9 Å². The Bertz CT molecular complexity index is 344. The number of hydrogen-bond donors (Lipinski definition) is 0. The van der Waals surface area contributed by atoms with Gasteiger partial charge in [-0.15, -0.1) is 0 Å². The Morgan fingerprint density at radius 2 is 2.12 bits per heavy atom. The van der Waals surface area contributed by atoms with Crippen LogP contribution in [0.25, 0.3) is 0 Å². The molecule has 1 aromatic rings. The highest BCUT2D eigenvalue weighted by Crippen LogP contribution is 2.20. The first-order chi connectivity index (χ1) is 8.24. The van der Waals surface area contributed by atoms with Crippen LogP contribution in [0.4, 0.5) is 4.39 Å². The third-order valence-corrected chi connectivity index (χ3v) is 2.78. The zero-order valence-electron chi connectivity index (χ0n) is 10.8. The quantitative estimate of drug-likeness (QED) is 0.412. The highest BCUT2D eigenvalue weighted by molar-refractivity contribution is 6.52. The first kappa shape index (κ1) is 14.2. The lowest BCUT2D eigenvalue weighted by atomic mass is 9.69. The van der Waals surface area contributed by atoms with Crippen LogP contribution in [0.1, 0.15) is 31.9 Å². The van der Waals surface area contributed by atoms with Gasteiger partial charge in [0, 0.05) is 6.61 Å². The minimum atomic E-state index is -0.150. The molecule has 4 heteroatoms. The van der Waals surface area contributed by atoms with Gasteiger partial charge in [0.05, 0.1) is 6.10 Å². The van der Waals surface area contributed by atoms with Gasteiger partial charge >= 0.3 is 0 Å². The van der Waals surface area contributed by atoms with Gasteiger partial charge in [0.2, 0.25) is 0 Å². The maximum atomic E-state index is 13.6. The van der Waals surface area contributed by atoms with Crippen LogP contribution < -0.4 is 5.46 Å². The first-order valence-corrected chi connectivity index (χ1v) is 6.21. The number of hydrogen-bond acceptors (Lipinski definition) is 2. The summed E-state index contributed by atoms with van der Waals surface area (Å²) in [5.41, 5.74) is 1.69. The molecular formula is C13H20BFO2. The van der Waals surface area contributed by atoms with Gasteiger partial charge in [-0.1, -0.05) is 25.9 Å². The number of halogens is 1. The molecule has 0 aliphatic rings. The first-order valence-electron chi connectivity index (χ1n) is 6.21. The molecule has 0 fully saturated rings. The van der Waals surface area contributed by atoms with Crippen molar-refractivity contribution in [2.75, 3.05) is 13.4 Å². The molecule has 0 radical (unpaired) electrons. The van der Waals surface area contributed by atoms with E-state index in [1.165, 1.54) is 6.07 Å². The van der Waals surface area contributed by atoms with Gasteiger partial charge in [0.15, 0.2) is 7.28 Å². The summed E-state index contributed by atoms with van der Waals surface area (Å²) in [7, 11) is 0.677. The molecule has 0 saturated carbocycles. The molecule has 0 amide bonds. The van der Waals surface area contributed by atoms with Crippen LogP contribution in [0, 0.1) is 5.82 Å². The predicted octanol–water partition coefficient (Wildman–Crippen LogP) is 2.40. The van der Waals surface area contributed by atoms with E-state index in [1.54, 1.807) is 6.07 Å². The SMILES string of the molecule is CBc1c(F)cccc1[C@@H](CC)OCOCC. The van der Waals surface area contributed by atoms with E-state index in [-0.39, 0.29) is 18.7 Å². The molecule has 1 aromatic carbocycles. The van der Waals surface area contributed by atoms with Crippen molar-refractivity contribution in [2.45, 2.75) is 33.2 Å². The molecule has 0 saturated heterocycles. The Labute approximate surface area is 103 Å². The highest BCUT2D eigenvalue weighted by atomic mass is 19.1. The molecule has 0 aliphatic carbocycles. The molecule has 0 bridgehead atoms. The summed E-state index contributed by atoms with van der Waals surface area (Å²) < 4.78 is 24.5. The molecule has 1 atom stereocenters. The molecule has 0 heterocycles. The second kappa shape index (κ2) is 7.46. The van der Waals surface area contributed by atoms with Crippen molar-refractivity contribution >= 4 is 12.7 Å². The molecular weight excluding hydrogens is 218 g/mol. The lowest BCUT2D eigenvalue weighted by molar-refractivity contribution is -0.0884. The maximum absolute atomic E-state index is 13.6. The van der Waals surface area contributed by atoms with E-state index in [9.17, 15) is 4.39 Å². The largest absolute Gasteiger partial charge is 0.356 e. The summed E-state index contributed by atoms with van der Waals surface area (Å²) >= 11 is 0. The second-order valence-electron chi connectivity index (χ2n) is 3.84. The van der Waals surface area contributed by atoms with Crippen molar-refractivity contribution in [3.05, 3.63) is 29.6 Å². The average molecular weight is 238 g/mol. The van der Waals surface area contributed by atoms with Crippen LogP contribution in [-0.4, -0.2) is 20.7 Å². The number of rotatable bonds is 7. The van der Waals surface area contributed by atoms with E-state index in [0.717, 1.165) is 17.4 Å². The van der Waals surface area contributed by atoms with E-state index in [4.69, 9.17) is 9.47 Å². The zero-order valence-corrected chi connectivity index (χ0v) is 10.8. The number of benzene rings is 1. The van der Waals surface area contributed by atoms with Crippen molar-refractivity contribution in [1.29, 1.82) is 0 Å². The molecule has 0 N–H and O–H groups in total. The fraction of sp³-hybridized carbons (Fsp3) is 0.538. The number of ether oxygens (including phenoxy) is 2. The minimum Gasteiger partial charge on any atom is -0.356 e. The topological polar surface area (TPSA) is 18.5 Å². The van der Waals surface area contributed by atoms with Crippen LogP contribution in [-0.2, 0) is 9.47 Å². The molecule has 1 rings (SSSR count). The van der Waals surface area contributed by atoms with Crippen LogP contribution in [0.3, 0.4) is 0 Å². The van der Waals surface area contributed by atoms with E-state index in [0.29, 0.717) is 13.9 Å². The Kier molecular flexibility index (Phi) is 6.23. The molecule has 0 aliphatic heterocycles. The Hall–Kier alpha value is -0.865. The van der Waals surface area contributed by atoms with Crippen molar-refractivity contribution in [2.24, 2.45) is 0 Å². The van der Waals surface area contributed by atoms with Gasteiger partial charge in [0.25, 0.3) is 0 Å². The molecule has 17 heavy (non-hydrogen) atoms. The van der Waals surface area contributed by atoms with Gasteiger partial charge in [0.1, 0.15) is 12.6 Å². The van der Waals surface area contributed by atoms with E-state index in [1.807, 2.05) is 26.7 Å². The van der Waals surface area contributed by atoms with Crippen molar-refractivity contribution in [3.8, 4) is 0 Å². The molecule has 94 valence electrons. The van der Waals surface area contributed by atoms with Gasteiger partial charge in [-0.2, -0.15) is 0 Å². The van der Waals surface area contributed by atoms with E-state index in [2.05, 4.69) is 0 Å². The summed E-state index contributed by atoms with van der Waals surface area (Å²) in [6.45, 7) is 6.79. The predicted molar refractivity (Wildman–Crippen MR) is 69.7 cm³/mol. The Morgan fingerprint density at radius 3 is 2.71 bits per heavy atom. The van der Waals surface area contributed by atoms with Crippen LogP contribution in [0.2, 0.25) is 6.82 Å². The summed E-state index contributed by atoms with van der Waals surface area (Å²) in [6, 6.07) is 5.16. The normalized spacial score (nSPS) is 12.5. The molecule has 2 nitrogen and oxygen atoms in total. The fourth-order valence-corrected chi connectivity index (χ4v) is 1.89. The Morgan fingerprint density at radius 1 is 1.35 bits per heavy atom. The monoisotopic (exact) mass is 238 g/mol. The lowest BCUT2D eigenvalue weighted by Crippen LogP contribution is -2.24. The smallest absolute Gasteiger partial charge is 0.158 e. The van der Waals surface area contributed by atoms with Crippen LogP contribution in [0.15, 0.2) is 18.2 Å². The van der Waals surface area contributed by atoms with Gasteiger partial charge in [-0.25, -0.2) is 4.39 Å². The van der Waals surface area contributed by atoms with Gasteiger partial charge in [-0.05, 0) is 30.4 Å². The van der Waals surface area contributed by atoms with Crippen molar-refractivity contribution in [1.82, 2.24) is 0 Å².